The van der Waals surface area contributed by atoms with E-state index in [4.69, 9.17) is 4.84 Å². The van der Waals surface area contributed by atoms with Crippen LogP contribution in [0.5, 0.6) is 5.75 Å². The standard InChI is InChI=1S/C22H23NO5/c1-3-7-14-11-16(12-15(8-4-2)20(14)25)19(24)13-28-23-21(26)17-9-5-6-10-18(17)22(23)27/h5-6,9-12,25H,3-4,7-8,13H2,1-2H3. The number of ketones is 1. The third-order valence-electron chi connectivity index (χ3n) is 4.71. The molecule has 0 bridgehead atoms. The molecule has 2 amide bonds. The molecule has 0 saturated heterocycles. The minimum atomic E-state index is -0.572. The minimum Gasteiger partial charge on any atom is -0.507 e. The van der Waals surface area contributed by atoms with Gasteiger partial charge in [-0.2, -0.15) is 0 Å². The van der Waals surface area contributed by atoms with Crippen molar-refractivity contribution in [3.63, 3.8) is 0 Å². The number of phenols is 1. The second-order valence-corrected chi connectivity index (χ2v) is 6.79. The van der Waals surface area contributed by atoms with E-state index < -0.39 is 18.4 Å². The number of hydrogen-bond donors (Lipinski definition) is 1. The molecule has 1 aliphatic rings. The summed E-state index contributed by atoms with van der Waals surface area (Å²) in [6, 6.07) is 9.75. The van der Waals surface area contributed by atoms with Crippen molar-refractivity contribution in [3.05, 3.63) is 64.2 Å². The van der Waals surface area contributed by atoms with Crippen LogP contribution in [0, 0.1) is 0 Å². The predicted octanol–water partition coefficient (Wildman–Crippen LogP) is 3.71. The van der Waals surface area contributed by atoms with E-state index in [1.807, 2.05) is 13.8 Å². The normalized spacial score (nSPS) is 13.1. The maximum absolute atomic E-state index is 12.7. The third-order valence-corrected chi connectivity index (χ3v) is 4.71. The molecule has 0 unspecified atom stereocenters. The molecule has 2 aromatic rings. The fraction of sp³-hybridized carbons (Fsp3) is 0.318. The number of benzene rings is 2. The van der Waals surface area contributed by atoms with Crippen LogP contribution in [0.25, 0.3) is 0 Å². The maximum Gasteiger partial charge on any atom is 0.285 e. The van der Waals surface area contributed by atoms with E-state index in [2.05, 4.69) is 0 Å². The number of imide groups is 1. The van der Waals surface area contributed by atoms with Crippen molar-refractivity contribution in [2.75, 3.05) is 6.61 Å². The summed E-state index contributed by atoms with van der Waals surface area (Å²) >= 11 is 0. The fourth-order valence-electron chi connectivity index (χ4n) is 3.33. The Bertz CT molecular complexity index is 872. The summed E-state index contributed by atoms with van der Waals surface area (Å²) in [6.07, 6.45) is 2.98. The summed E-state index contributed by atoms with van der Waals surface area (Å²) in [7, 11) is 0. The summed E-state index contributed by atoms with van der Waals surface area (Å²) in [5, 5.41) is 11.0. The van der Waals surface area contributed by atoms with Crippen molar-refractivity contribution in [1.82, 2.24) is 5.06 Å². The van der Waals surface area contributed by atoms with Crippen molar-refractivity contribution in [2.24, 2.45) is 0 Å². The average Bonchev–Trinajstić information content (AvgIpc) is 2.94. The van der Waals surface area contributed by atoms with Crippen molar-refractivity contribution >= 4 is 17.6 Å². The first kappa shape index (κ1) is 19.8. The summed E-state index contributed by atoms with van der Waals surface area (Å²) in [5.41, 5.74) is 2.37. The van der Waals surface area contributed by atoms with E-state index in [1.165, 1.54) is 0 Å². The first-order valence-corrected chi connectivity index (χ1v) is 9.46. The Balaban J connectivity index is 1.77. The summed E-state index contributed by atoms with van der Waals surface area (Å²) in [4.78, 5) is 42.6. The lowest BCUT2D eigenvalue weighted by Crippen LogP contribution is -2.32. The average molecular weight is 381 g/mol. The first-order chi connectivity index (χ1) is 13.5. The zero-order valence-electron chi connectivity index (χ0n) is 16.0. The summed E-state index contributed by atoms with van der Waals surface area (Å²) in [6.45, 7) is 3.56. The Kier molecular flexibility index (Phi) is 5.90. The molecular formula is C22H23NO5. The number of carbonyl (C=O) groups is 3. The van der Waals surface area contributed by atoms with Gasteiger partial charge in [0, 0.05) is 5.56 Å². The number of aryl methyl sites for hydroxylation is 2. The quantitative estimate of drug-likeness (QED) is 0.557. The van der Waals surface area contributed by atoms with Crippen LogP contribution >= 0.6 is 0 Å². The number of carbonyl (C=O) groups excluding carboxylic acids is 3. The molecule has 0 radical (unpaired) electrons. The summed E-state index contributed by atoms with van der Waals surface area (Å²) in [5.74, 6) is -1.26. The van der Waals surface area contributed by atoms with Crippen LogP contribution in [-0.4, -0.2) is 34.4 Å². The Morgan fingerprint density at radius 2 is 1.46 bits per heavy atom. The van der Waals surface area contributed by atoms with Gasteiger partial charge in [-0.3, -0.25) is 19.2 Å². The van der Waals surface area contributed by atoms with Crippen LogP contribution in [0.4, 0.5) is 0 Å². The molecule has 6 heteroatoms. The molecule has 0 fully saturated rings. The SMILES string of the molecule is CCCc1cc(C(=O)CON2C(=O)c3ccccc3C2=O)cc(CCC)c1O. The highest BCUT2D eigenvalue weighted by molar-refractivity contribution is 6.20. The van der Waals surface area contributed by atoms with Crippen molar-refractivity contribution in [1.29, 1.82) is 0 Å². The molecule has 1 N–H and O–H groups in total. The Hall–Kier alpha value is -2.99. The van der Waals surface area contributed by atoms with Gasteiger partial charge in [-0.15, -0.1) is 5.06 Å². The number of hydroxylamine groups is 2. The van der Waals surface area contributed by atoms with Crippen LogP contribution < -0.4 is 0 Å². The van der Waals surface area contributed by atoms with Gasteiger partial charge in [0.05, 0.1) is 11.1 Å². The monoisotopic (exact) mass is 381 g/mol. The Morgan fingerprint density at radius 1 is 0.964 bits per heavy atom. The molecule has 2 aromatic carbocycles. The van der Waals surface area contributed by atoms with Crippen LogP contribution in [-0.2, 0) is 17.7 Å². The number of fused-ring (bicyclic) bond motifs is 1. The Morgan fingerprint density at radius 3 is 1.93 bits per heavy atom. The lowest BCUT2D eigenvalue weighted by atomic mass is 9.96. The molecule has 1 heterocycles. The van der Waals surface area contributed by atoms with Crippen LogP contribution in [0.2, 0.25) is 0 Å². The van der Waals surface area contributed by atoms with E-state index >= 15 is 0 Å². The van der Waals surface area contributed by atoms with E-state index in [0.717, 1.165) is 24.0 Å². The number of phenolic OH excluding ortho intramolecular Hbond substituents is 1. The molecule has 0 saturated carbocycles. The number of aromatic hydroxyl groups is 1. The van der Waals surface area contributed by atoms with Crippen LogP contribution in [0.1, 0.15) is 68.9 Å². The van der Waals surface area contributed by atoms with E-state index in [-0.39, 0.29) is 22.7 Å². The number of hydrogen-bond acceptors (Lipinski definition) is 5. The molecule has 0 atom stereocenters. The molecular weight excluding hydrogens is 358 g/mol. The van der Waals surface area contributed by atoms with Gasteiger partial charge >= 0.3 is 0 Å². The Labute approximate surface area is 163 Å². The highest BCUT2D eigenvalue weighted by Gasteiger charge is 2.36. The number of Topliss-reactive ketones (excluding diaryl/α,β-unsaturated/α-hetero) is 1. The number of amides is 2. The van der Waals surface area contributed by atoms with Gasteiger partial charge in [0.15, 0.2) is 5.78 Å². The van der Waals surface area contributed by atoms with E-state index in [0.29, 0.717) is 23.5 Å². The number of nitrogens with zero attached hydrogens (tertiary/aromatic N) is 1. The molecule has 0 spiro atoms. The molecule has 28 heavy (non-hydrogen) atoms. The molecule has 3 rings (SSSR count). The topological polar surface area (TPSA) is 83.9 Å². The zero-order chi connectivity index (χ0) is 20.3. The fourth-order valence-corrected chi connectivity index (χ4v) is 3.33. The van der Waals surface area contributed by atoms with Crippen LogP contribution in [0.15, 0.2) is 36.4 Å². The second-order valence-electron chi connectivity index (χ2n) is 6.79. The van der Waals surface area contributed by atoms with Gasteiger partial charge in [-0.05, 0) is 48.2 Å². The van der Waals surface area contributed by atoms with Gasteiger partial charge in [0.25, 0.3) is 11.8 Å². The van der Waals surface area contributed by atoms with E-state index in [9.17, 15) is 19.5 Å². The van der Waals surface area contributed by atoms with Crippen LogP contribution in [0.3, 0.4) is 0 Å². The van der Waals surface area contributed by atoms with E-state index in [1.54, 1.807) is 36.4 Å². The highest BCUT2D eigenvalue weighted by atomic mass is 16.7. The van der Waals surface area contributed by atoms with Crippen molar-refractivity contribution < 1.29 is 24.3 Å². The van der Waals surface area contributed by atoms with Gasteiger partial charge in [-0.1, -0.05) is 38.8 Å². The molecule has 1 aliphatic heterocycles. The maximum atomic E-state index is 12.7. The van der Waals surface area contributed by atoms with Crippen molar-refractivity contribution in [2.45, 2.75) is 39.5 Å². The number of rotatable bonds is 8. The minimum absolute atomic E-state index is 0.238. The largest absolute Gasteiger partial charge is 0.507 e. The lowest BCUT2D eigenvalue weighted by Gasteiger charge is -2.14. The highest BCUT2D eigenvalue weighted by Crippen LogP contribution is 2.28. The molecule has 146 valence electrons. The second kappa shape index (κ2) is 8.35. The molecule has 6 nitrogen and oxygen atoms in total. The van der Waals surface area contributed by atoms with Gasteiger partial charge in [0.1, 0.15) is 12.4 Å². The van der Waals surface area contributed by atoms with Crippen molar-refractivity contribution in [3.8, 4) is 5.75 Å². The molecule has 0 aromatic heterocycles. The van der Waals surface area contributed by atoms with Gasteiger partial charge < -0.3 is 5.11 Å². The molecule has 0 aliphatic carbocycles. The summed E-state index contributed by atoms with van der Waals surface area (Å²) < 4.78 is 0. The zero-order valence-corrected chi connectivity index (χ0v) is 16.0. The first-order valence-electron chi connectivity index (χ1n) is 9.46. The van der Waals surface area contributed by atoms with Gasteiger partial charge in [0.2, 0.25) is 0 Å². The third kappa shape index (κ3) is 3.68. The smallest absolute Gasteiger partial charge is 0.285 e. The predicted molar refractivity (Wildman–Crippen MR) is 103 cm³/mol. The lowest BCUT2D eigenvalue weighted by molar-refractivity contribution is -0.0817. The van der Waals surface area contributed by atoms with Gasteiger partial charge in [-0.25, -0.2) is 0 Å².